The molecule has 16 heavy (non-hydrogen) atoms. The number of fused-ring (bicyclic) bond motifs is 1. The standard InChI is InChI=1S/C12H12N2O2/c1-2-16-12(15)14-9-5-7-10-6-3-4-8-11(10)13-14/h3-9H,2H2,1H3. The highest BCUT2D eigenvalue weighted by molar-refractivity contribution is 5.68. The minimum atomic E-state index is -0.469. The Balaban J connectivity index is 2.41. The lowest BCUT2D eigenvalue weighted by Gasteiger charge is -2.10. The zero-order valence-electron chi connectivity index (χ0n) is 8.96. The topological polar surface area (TPSA) is 41.9 Å². The van der Waals surface area contributed by atoms with Crippen LogP contribution in [-0.2, 0) is 4.74 Å². The second kappa shape index (κ2) is 4.61. The van der Waals surface area contributed by atoms with Crippen LogP contribution in [0.5, 0.6) is 0 Å². The SMILES string of the molecule is CCOC(=O)N1C=CC=c2ccccc2=N1. The molecule has 82 valence electrons. The fourth-order valence-corrected chi connectivity index (χ4v) is 1.39. The summed E-state index contributed by atoms with van der Waals surface area (Å²) in [6, 6.07) is 7.60. The third kappa shape index (κ3) is 2.11. The normalized spacial score (nSPS) is 13.2. The molecule has 0 saturated carbocycles. The molecule has 1 aromatic carbocycles. The van der Waals surface area contributed by atoms with E-state index in [4.69, 9.17) is 4.74 Å². The van der Waals surface area contributed by atoms with Gasteiger partial charge in [0.2, 0.25) is 0 Å². The van der Waals surface area contributed by atoms with Gasteiger partial charge in [0.05, 0.1) is 12.0 Å². The van der Waals surface area contributed by atoms with E-state index >= 15 is 0 Å². The van der Waals surface area contributed by atoms with Gasteiger partial charge in [-0.3, -0.25) is 0 Å². The molecule has 4 nitrogen and oxygen atoms in total. The van der Waals surface area contributed by atoms with Crippen LogP contribution in [-0.4, -0.2) is 17.7 Å². The molecule has 0 radical (unpaired) electrons. The van der Waals surface area contributed by atoms with Crippen LogP contribution < -0.4 is 10.6 Å². The van der Waals surface area contributed by atoms with Gasteiger partial charge in [-0.2, -0.15) is 10.1 Å². The molecule has 0 fully saturated rings. The average molecular weight is 216 g/mol. The number of carbonyl (C=O) groups is 1. The number of hydrogen-bond donors (Lipinski definition) is 0. The summed E-state index contributed by atoms with van der Waals surface area (Å²) in [5, 5.41) is 7.13. The van der Waals surface area contributed by atoms with Crippen LogP contribution in [0.15, 0.2) is 41.6 Å². The van der Waals surface area contributed by atoms with Crippen molar-refractivity contribution in [1.29, 1.82) is 0 Å². The molecule has 4 heteroatoms. The summed E-state index contributed by atoms with van der Waals surface area (Å²) >= 11 is 0. The number of ether oxygens (including phenoxy) is 1. The lowest BCUT2D eigenvalue weighted by molar-refractivity contribution is 0.122. The van der Waals surface area contributed by atoms with Gasteiger partial charge in [-0.25, -0.2) is 4.79 Å². The fraction of sp³-hybridized carbons (Fsp3) is 0.167. The van der Waals surface area contributed by atoms with Gasteiger partial charge >= 0.3 is 6.09 Å². The van der Waals surface area contributed by atoms with E-state index < -0.39 is 6.09 Å². The Hall–Kier alpha value is -2.10. The Morgan fingerprint density at radius 3 is 3.06 bits per heavy atom. The molecule has 0 atom stereocenters. The van der Waals surface area contributed by atoms with Crippen LogP contribution >= 0.6 is 0 Å². The summed E-state index contributed by atoms with van der Waals surface area (Å²) in [6.07, 6.45) is 4.78. The second-order valence-corrected chi connectivity index (χ2v) is 3.21. The van der Waals surface area contributed by atoms with Gasteiger partial charge in [-0.1, -0.05) is 24.3 Å². The Morgan fingerprint density at radius 1 is 1.44 bits per heavy atom. The fourth-order valence-electron chi connectivity index (χ4n) is 1.39. The Kier molecular flexibility index (Phi) is 3.00. The summed E-state index contributed by atoms with van der Waals surface area (Å²) in [6.45, 7) is 2.10. The Labute approximate surface area is 93.1 Å². The molecule has 0 spiro atoms. The van der Waals surface area contributed by atoms with Crippen LogP contribution in [0.3, 0.4) is 0 Å². The van der Waals surface area contributed by atoms with E-state index in [0.717, 1.165) is 10.6 Å². The predicted octanol–water partition coefficient (Wildman–Crippen LogP) is 0.987. The van der Waals surface area contributed by atoms with E-state index in [0.29, 0.717) is 6.61 Å². The van der Waals surface area contributed by atoms with Crippen molar-refractivity contribution in [1.82, 2.24) is 5.01 Å². The Morgan fingerprint density at radius 2 is 2.25 bits per heavy atom. The number of amides is 1. The number of nitrogens with zero attached hydrogens (tertiary/aromatic N) is 2. The number of rotatable bonds is 1. The predicted molar refractivity (Wildman–Crippen MR) is 59.7 cm³/mol. The first kappa shape index (κ1) is 10.4. The van der Waals surface area contributed by atoms with E-state index in [1.165, 1.54) is 5.01 Å². The van der Waals surface area contributed by atoms with Crippen molar-refractivity contribution in [2.75, 3.05) is 6.61 Å². The maximum absolute atomic E-state index is 11.5. The molecule has 1 heterocycles. The summed E-state index contributed by atoms with van der Waals surface area (Å²) in [5.41, 5.74) is 0. The third-order valence-electron chi connectivity index (χ3n) is 2.11. The van der Waals surface area contributed by atoms with E-state index in [9.17, 15) is 4.79 Å². The van der Waals surface area contributed by atoms with Crippen molar-refractivity contribution in [2.45, 2.75) is 6.92 Å². The highest BCUT2D eigenvalue weighted by atomic mass is 16.6. The van der Waals surface area contributed by atoms with Crippen LogP contribution in [0.2, 0.25) is 0 Å². The molecule has 0 aliphatic carbocycles. The molecule has 1 aliphatic heterocycles. The Bertz CT molecular complexity index is 534. The van der Waals surface area contributed by atoms with Gasteiger partial charge in [0, 0.05) is 11.4 Å². The molecule has 1 aliphatic rings. The van der Waals surface area contributed by atoms with Gasteiger partial charge in [0.25, 0.3) is 0 Å². The summed E-state index contributed by atoms with van der Waals surface area (Å²) < 4.78 is 4.88. The van der Waals surface area contributed by atoms with Crippen molar-refractivity contribution >= 4 is 12.2 Å². The first-order chi connectivity index (χ1) is 7.81. The molecule has 2 rings (SSSR count). The zero-order chi connectivity index (χ0) is 11.4. The van der Waals surface area contributed by atoms with Crippen LogP contribution in [0, 0.1) is 0 Å². The molecule has 0 unspecified atom stereocenters. The maximum atomic E-state index is 11.5. The van der Waals surface area contributed by atoms with Gasteiger partial charge in [-0.15, -0.1) is 0 Å². The van der Waals surface area contributed by atoms with Crippen LogP contribution in [0.4, 0.5) is 4.79 Å². The summed E-state index contributed by atoms with van der Waals surface area (Å²) in [4.78, 5) is 11.5. The average Bonchev–Trinajstić information content (AvgIpc) is 2.51. The molecule has 0 aromatic heterocycles. The van der Waals surface area contributed by atoms with Crippen molar-refractivity contribution in [3.8, 4) is 0 Å². The van der Waals surface area contributed by atoms with Crippen LogP contribution in [0.25, 0.3) is 6.08 Å². The monoisotopic (exact) mass is 216 g/mol. The van der Waals surface area contributed by atoms with Crippen molar-refractivity contribution in [2.24, 2.45) is 5.10 Å². The molecule has 0 saturated heterocycles. The van der Waals surface area contributed by atoms with E-state index in [1.807, 2.05) is 30.3 Å². The number of allylic oxidation sites excluding steroid dienone is 1. The highest BCUT2D eigenvalue weighted by Crippen LogP contribution is 1.97. The van der Waals surface area contributed by atoms with Crippen molar-refractivity contribution in [3.63, 3.8) is 0 Å². The molecule has 1 aromatic rings. The maximum Gasteiger partial charge on any atom is 0.434 e. The van der Waals surface area contributed by atoms with Gasteiger partial charge in [0.15, 0.2) is 0 Å². The minimum absolute atomic E-state index is 0.337. The lowest BCUT2D eigenvalue weighted by atomic mass is 10.3. The third-order valence-corrected chi connectivity index (χ3v) is 2.11. The minimum Gasteiger partial charge on any atom is -0.448 e. The zero-order valence-corrected chi connectivity index (χ0v) is 8.96. The van der Waals surface area contributed by atoms with Gasteiger partial charge in [-0.05, 0) is 19.1 Å². The van der Waals surface area contributed by atoms with Gasteiger partial charge in [0.1, 0.15) is 0 Å². The number of carbonyl (C=O) groups excluding carboxylic acids is 1. The highest BCUT2D eigenvalue weighted by Gasteiger charge is 2.10. The summed E-state index contributed by atoms with van der Waals surface area (Å²) in [5.74, 6) is 0. The first-order valence-corrected chi connectivity index (χ1v) is 5.09. The van der Waals surface area contributed by atoms with E-state index in [-0.39, 0.29) is 0 Å². The van der Waals surface area contributed by atoms with E-state index in [1.54, 1.807) is 19.2 Å². The molecular weight excluding hydrogens is 204 g/mol. The van der Waals surface area contributed by atoms with Crippen molar-refractivity contribution in [3.05, 3.63) is 47.1 Å². The van der Waals surface area contributed by atoms with Gasteiger partial charge < -0.3 is 4.74 Å². The molecular formula is C12H12N2O2. The molecule has 0 bridgehead atoms. The number of hydrogen-bond acceptors (Lipinski definition) is 3. The molecule has 1 amide bonds. The second-order valence-electron chi connectivity index (χ2n) is 3.21. The lowest BCUT2D eigenvalue weighted by Crippen LogP contribution is -2.29. The quantitative estimate of drug-likeness (QED) is 0.702. The summed E-state index contributed by atoms with van der Waals surface area (Å²) in [7, 11) is 0. The largest absolute Gasteiger partial charge is 0.448 e. The first-order valence-electron chi connectivity index (χ1n) is 5.09. The molecule has 0 N–H and O–H groups in total. The van der Waals surface area contributed by atoms with E-state index in [2.05, 4.69) is 5.10 Å². The number of benzene rings is 1. The van der Waals surface area contributed by atoms with Crippen LogP contribution in [0.1, 0.15) is 6.92 Å². The van der Waals surface area contributed by atoms with Crippen molar-refractivity contribution < 1.29 is 9.53 Å². The smallest absolute Gasteiger partial charge is 0.434 e.